The Kier molecular flexibility index (Phi) is 5.85. The maximum Gasteiger partial charge on any atom is 0.267 e. The van der Waals surface area contributed by atoms with Gasteiger partial charge in [0.2, 0.25) is 5.78 Å². The number of Topliss-reactive ketones (excluding diaryl/α,β-unsaturated/α-hetero) is 1. The number of aromatic nitrogens is 4. The van der Waals surface area contributed by atoms with Crippen molar-refractivity contribution >= 4 is 45.8 Å². The number of halogens is 1. The van der Waals surface area contributed by atoms with E-state index in [0.29, 0.717) is 43.9 Å². The highest BCUT2D eigenvalue weighted by Gasteiger charge is 2.23. The number of carbonyl (C=O) groups excluding carboxylic acids is 1. The van der Waals surface area contributed by atoms with Gasteiger partial charge in [0.25, 0.3) is 5.56 Å². The van der Waals surface area contributed by atoms with Crippen LogP contribution in [0.5, 0.6) is 5.75 Å². The van der Waals surface area contributed by atoms with Gasteiger partial charge in [-0.2, -0.15) is 0 Å². The molecular weight excluding hydrogens is 472 g/mol. The molecule has 170 valence electrons. The lowest BCUT2D eigenvalue weighted by Crippen LogP contribution is -2.22. The molecule has 0 amide bonds. The van der Waals surface area contributed by atoms with Crippen LogP contribution >= 0.6 is 23.4 Å². The zero-order valence-electron chi connectivity index (χ0n) is 18.3. The summed E-state index contributed by atoms with van der Waals surface area (Å²) in [4.78, 5) is 26.5. The molecule has 0 radical (unpaired) electrons. The molecule has 9 heteroatoms. The van der Waals surface area contributed by atoms with Crippen LogP contribution in [0.4, 0.5) is 0 Å². The third kappa shape index (κ3) is 3.85. The zero-order chi connectivity index (χ0) is 23.8. The van der Waals surface area contributed by atoms with E-state index in [1.807, 2.05) is 29.5 Å². The highest BCUT2D eigenvalue weighted by Crippen LogP contribution is 2.28. The van der Waals surface area contributed by atoms with Crippen molar-refractivity contribution in [3.8, 4) is 11.4 Å². The molecule has 1 atom stereocenters. The molecule has 0 aliphatic heterocycles. The fourth-order valence-corrected chi connectivity index (χ4v) is 4.93. The van der Waals surface area contributed by atoms with E-state index in [1.54, 1.807) is 61.7 Å². The lowest BCUT2D eigenvalue weighted by atomic mass is 10.1. The van der Waals surface area contributed by atoms with Crippen LogP contribution in [0.25, 0.3) is 22.4 Å². The summed E-state index contributed by atoms with van der Waals surface area (Å²) in [6, 6.07) is 21.3. The van der Waals surface area contributed by atoms with Gasteiger partial charge in [-0.1, -0.05) is 47.6 Å². The summed E-state index contributed by atoms with van der Waals surface area (Å²) in [5.74, 6) is 0.968. The number of ketones is 1. The summed E-state index contributed by atoms with van der Waals surface area (Å²) in [5.41, 5.74) is 1.62. The number of fused-ring (bicyclic) bond motifs is 3. The Morgan fingerprint density at radius 2 is 1.79 bits per heavy atom. The lowest BCUT2D eigenvalue weighted by Gasteiger charge is -2.13. The largest absolute Gasteiger partial charge is 0.497 e. The standard InChI is InChI=1S/C25H19ClN4O3S/c1-15(22(31)16-6-5-7-17(26)14-16)34-25-28-27-24-29(18-10-12-19(33-2)13-11-18)23(32)20-8-3-4-9-21(20)30(24)25/h3-15H,1-2H3. The predicted octanol–water partition coefficient (Wildman–Crippen LogP) is 5.06. The Morgan fingerprint density at radius 1 is 1.03 bits per heavy atom. The molecule has 2 heterocycles. The SMILES string of the molecule is COc1ccc(-n2c(=O)c3ccccc3n3c(SC(C)C(=O)c4cccc(Cl)c4)nnc23)cc1. The maximum absolute atomic E-state index is 13.4. The highest BCUT2D eigenvalue weighted by molar-refractivity contribution is 8.00. The molecule has 3 aromatic carbocycles. The van der Waals surface area contributed by atoms with E-state index < -0.39 is 5.25 Å². The predicted molar refractivity (Wildman–Crippen MR) is 134 cm³/mol. The molecule has 0 N–H and O–H groups in total. The van der Waals surface area contributed by atoms with E-state index in [1.165, 1.54) is 16.3 Å². The monoisotopic (exact) mass is 490 g/mol. The van der Waals surface area contributed by atoms with E-state index in [9.17, 15) is 9.59 Å². The van der Waals surface area contributed by atoms with Crippen molar-refractivity contribution in [3.63, 3.8) is 0 Å². The number of hydrogen-bond donors (Lipinski definition) is 0. The van der Waals surface area contributed by atoms with Crippen molar-refractivity contribution in [1.29, 1.82) is 0 Å². The van der Waals surface area contributed by atoms with E-state index in [2.05, 4.69) is 10.2 Å². The summed E-state index contributed by atoms with van der Waals surface area (Å²) >= 11 is 7.34. The first-order valence-corrected chi connectivity index (χ1v) is 11.7. The number of hydrogen-bond acceptors (Lipinski definition) is 6. The summed E-state index contributed by atoms with van der Waals surface area (Å²) < 4.78 is 8.57. The molecule has 0 fully saturated rings. The van der Waals surface area contributed by atoms with Crippen LogP contribution in [0.3, 0.4) is 0 Å². The van der Waals surface area contributed by atoms with Crippen LogP contribution in [0.15, 0.2) is 82.7 Å². The van der Waals surface area contributed by atoms with Gasteiger partial charge < -0.3 is 4.74 Å². The first-order chi connectivity index (χ1) is 16.5. The Hall–Kier alpha value is -3.62. The van der Waals surface area contributed by atoms with Crippen LogP contribution in [0.1, 0.15) is 17.3 Å². The Balaban J connectivity index is 1.65. The minimum absolute atomic E-state index is 0.0722. The minimum atomic E-state index is -0.453. The minimum Gasteiger partial charge on any atom is -0.497 e. The number of methoxy groups -OCH3 is 1. The van der Waals surface area contributed by atoms with Crippen LogP contribution in [0.2, 0.25) is 5.02 Å². The molecule has 7 nitrogen and oxygen atoms in total. The van der Waals surface area contributed by atoms with Crippen molar-refractivity contribution in [1.82, 2.24) is 19.2 Å². The highest BCUT2D eigenvalue weighted by atomic mass is 35.5. The van der Waals surface area contributed by atoms with Gasteiger partial charge in [-0.3, -0.25) is 14.0 Å². The first-order valence-electron chi connectivity index (χ1n) is 10.5. The molecule has 0 bridgehead atoms. The number of benzene rings is 3. The van der Waals surface area contributed by atoms with Crippen molar-refractivity contribution in [2.24, 2.45) is 0 Å². The Morgan fingerprint density at radius 3 is 2.53 bits per heavy atom. The second-order valence-electron chi connectivity index (χ2n) is 7.61. The van der Waals surface area contributed by atoms with Gasteiger partial charge in [0.05, 0.1) is 29.0 Å². The number of para-hydroxylation sites is 1. The Labute approximate surface area is 204 Å². The number of ether oxygens (including phenoxy) is 1. The molecule has 0 aliphatic rings. The molecule has 0 saturated carbocycles. The van der Waals surface area contributed by atoms with Crippen molar-refractivity contribution in [2.45, 2.75) is 17.3 Å². The molecule has 0 aliphatic carbocycles. The first kappa shape index (κ1) is 22.2. The van der Waals surface area contributed by atoms with E-state index >= 15 is 0 Å². The zero-order valence-corrected chi connectivity index (χ0v) is 19.9. The topological polar surface area (TPSA) is 78.5 Å². The van der Waals surface area contributed by atoms with Crippen molar-refractivity contribution < 1.29 is 9.53 Å². The van der Waals surface area contributed by atoms with Crippen LogP contribution < -0.4 is 10.3 Å². The molecule has 0 saturated heterocycles. The molecule has 5 rings (SSSR count). The molecule has 0 spiro atoms. The normalized spacial score (nSPS) is 12.2. The molecular formula is C25H19ClN4O3S. The van der Waals surface area contributed by atoms with Crippen LogP contribution in [-0.4, -0.2) is 37.3 Å². The molecule has 1 unspecified atom stereocenters. The van der Waals surface area contributed by atoms with Crippen LogP contribution in [-0.2, 0) is 0 Å². The van der Waals surface area contributed by atoms with Gasteiger partial charge in [-0.25, -0.2) is 4.57 Å². The fourth-order valence-electron chi connectivity index (χ4n) is 3.81. The molecule has 34 heavy (non-hydrogen) atoms. The Bertz CT molecular complexity index is 1590. The smallest absolute Gasteiger partial charge is 0.267 e. The van der Waals surface area contributed by atoms with Gasteiger partial charge in [-0.15, -0.1) is 10.2 Å². The number of thioether (sulfide) groups is 1. The molecule has 2 aromatic heterocycles. The van der Waals surface area contributed by atoms with Crippen LogP contribution in [0, 0.1) is 0 Å². The summed E-state index contributed by atoms with van der Waals surface area (Å²) in [6.45, 7) is 1.82. The van der Waals surface area contributed by atoms with Gasteiger partial charge in [0.1, 0.15) is 5.75 Å². The van der Waals surface area contributed by atoms with Gasteiger partial charge in [0.15, 0.2) is 10.9 Å². The summed E-state index contributed by atoms with van der Waals surface area (Å²) in [7, 11) is 1.59. The third-order valence-electron chi connectivity index (χ3n) is 5.49. The average Bonchev–Trinajstić information content (AvgIpc) is 3.27. The van der Waals surface area contributed by atoms with E-state index in [-0.39, 0.29) is 11.3 Å². The summed E-state index contributed by atoms with van der Waals surface area (Å²) in [6.07, 6.45) is 0. The number of nitrogens with zero attached hydrogens (tertiary/aromatic N) is 4. The molecule has 5 aromatic rings. The van der Waals surface area contributed by atoms with Crippen molar-refractivity contribution in [2.75, 3.05) is 7.11 Å². The summed E-state index contributed by atoms with van der Waals surface area (Å²) in [5, 5.41) is 9.77. The number of rotatable bonds is 6. The average molecular weight is 491 g/mol. The van der Waals surface area contributed by atoms with Gasteiger partial charge >= 0.3 is 0 Å². The van der Waals surface area contributed by atoms with E-state index in [0.717, 1.165) is 0 Å². The maximum atomic E-state index is 13.4. The van der Waals surface area contributed by atoms with E-state index in [4.69, 9.17) is 16.3 Å². The third-order valence-corrected chi connectivity index (χ3v) is 6.76. The van der Waals surface area contributed by atoms with Gasteiger partial charge in [0, 0.05) is 10.6 Å². The lowest BCUT2D eigenvalue weighted by molar-refractivity contribution is 0.0994. The van der Waals surface area contributed by atoms with Gasteiger partial charge in [-0.05, 0) is 55.5 Å². The quantitative estimate of drug-likeness (QED) is 0.244. The second kappa shape index (κ2) is 8.96. The fraction of sp³-hybridized carbons (Fsp3) is 0.120. The second-order valence-corrected chi connectivity index (χ2v) is 9.35. The number of carbonyl (C=O) groups is 1. The van der Waals surface area contributed by atoms with Crippen molar-refractivity contribution in [3.05, 3.63) is 93.7 Å².